The summed E-state index contributed by atoms with van der Waals surface area (Å²) in [6, 6.07) is 6.54. The van der Waals surface area contributed by atoms with Crippen LogP contribution >= 0.6 is 11.3 Å². The average molecular weight is 278 g/mol. The third-order valence-electron chi connectivity index (χ3n) is 3.08. The molecule has 0 saturated carbocycles. The molecule has 0 amide bonds. The van der Waals surface area contributed by atoms with Crippen molar-refractivity contribution in [2.75, 3.05) is 11.9 Å². The molecule has 1 aromatic heterocycles. The summed E-state index contributed by atoms with van der Waals surface area (Å²) in [6.07, 6.45) is 1.56. The second kappa shape index (κ2) is 5.48. The van der Waals surface area contributed by atoms with E-state index in [1.165, 1.54) is 24.3 Å². The van der Waals surface area contributed by atoms with E-state index in [1.807, 2.05) is 24.9 Å². The normalized spacial score (nSPS) is 12.2. The largest absolute Gasteiger partial charge is 0.344 e. The van der Waals surface area contributed by atoms with Gasteiger partial charge in [0.15, 0.2) is 10.9 Å². The summed E-state index contributed by atoms with van der Waals surface area (Å²) < 4.78 is 13.8. The van der Waals surface area contributed by atoms with Gasteiger partial charge in [0.25, 0.3) is 0 Å². The maximum atomic E-state index is 13.8. The van der Waals surface area contributed by atoms with Crippen molar-refractivity contribution in [3.63, 3.8) is 0 Å². The molecule has 0 aliphatic rings. The average Bonchev–Trinajstić information content (AvgIpc) is 2.87. The number of carbonyl (C=O) groups excluding carboxylic acids is 1. The van der Waals surface area contributed by atoms with E-state index < -0.39 is 0 Å². The zero-order valence-corrected chi connectivity index (χ0v) is 11.9. The molecule has 3 nitrogen and oxygen atoms in total. The molecule has 1 aromatic carbocycles. The van der Waals surface area contributed by atoms with Gasteiger partial charge in [-0.05, 0) is 13.0 Å². The van der Waals surface area contributed by atoms with Gasteiger partial charge in [0.05, 0.1) is 17.1 Å². The van der Waals surface area contributed by atoms with E-state index in [-0.39, 0.29) is 17.6 Å². The highest BCUT2D eigenvalue weighted by Crippen LogP contribution is 2.30. The minimum atomic E-state index is -0.231. The van der Waals surface area contributed by atoms with Crippen LogP contribution in [0.25, 0.3) is 0 Å². The van der Waals surface area contributed by atoms with Crippen molar-refractivity contribution < 1.29 is 9.18 Å². The molecule has 1 heterocycles. The number of thiazole rings is 1. The number of hydrogen-bond donors (Lipinski definition) is 0. The van der Waals surface area contributed by atoms with Crippen molar-refractivity contribution in [1.82, 2.24) is 4.98 Å². The predicted molar refractivity (Wildman–Crippen MR) is 75.3 cm³/mol. The summed E-state index contributed by atoms with van der Waals surface area (Å²) in [4.78, 5) is 18.0. The minimum absolute atomic E-state index is 0.00399. The topological polar surface area (TPSA) is 33.2 Å². The van der Waals surface area contributed by atoms with Crippen LogP contribution in [-0.4, -0.2) is 17.8 Å². The Morgan fingerprint density at radius 2 is 2.11 bits per heavy atom. The first kappa shape index (κ1) is 13.7. The van der Waals surface area contributed by atoms with Crippen LogP contribution < -0.4 is 4.90 Å². The molecule has 0 aliphatic heterocycles. The van der Waals surface area contributed by atoms with Gasteiger partial charge < -0.3 is 4.90 Å². The van der Waals surface area contributed by atoms with E-state index >= 15 is 0 Å². The molecule has 5 heteroatoms. The standard InChI is InChI=1S/C14H15FN2OS/c1-9(11-6-4-5-7-12(11)15)17(3)14-16-8-13(19-14)10(2)18/h4-9H,1-3H3. The Morgan fingerprint density at radius 1 is 1.42 bits per heavy atom. The van der Waals surface area contributed by atoms with E-state index in [9.17, 15) is 9.18 Å². The number of Topliss-reactive ketones (excluding diaryl/α,β-unsaturated/α-hetero) is 1. The van der Waals surface area contributed by atoms with Gasteiger partial charge in [0.2, 0.25) is 0 Å². The van der Waals surface area contributed by atoms with Gasteiger partial charge in [-0.1, -0.05) is 29.5 Å². The summed E-state index contributed by atoms with van der Waals surface area (Å²) >= 11 is 1.32. The third kappa shape index (κ3) is 2.81. The first-order valence-corrected chi connectivity index (χ1v) is 6.76. The fourth-order valence-electron chi connectivity index (χ4n) is 1.78. The molecule has 0 bridgehead atoms. The van der Waals surface area contributed by atoms with E-state index in [0.717, 1.165) is 0 Å². The van der Waals surface area contributed by atoms with E-state index in [2.05, 4.69) is 4.98 Å². The Bertz CT molecular complexity index is 597. The molecule has 0 saturated heterocycles. The van der Waals surface area contributed by atoms with E-state index in [4.69, 9.17) is 0 Å². The van der Waals surface area contributed by atoms with Crippen LogP contribution in [0.2, 0.25) is 0 Å². The first-order chi connectivity index (χ1) is 9.00. The number of ketones is 1. The molecule has 0 N–H and O–H groups in total. The number of rotatable bonds is 4. The zero-order chi connectivity index (χ0) is 14.0. The lowest BCUT2D eigenvalue weighted by Crippen LogP contribution is -2.22. The van der Waals surface area contributed by atoms with Crippen LogP contribution in [0, 0.1) is 5.82 Å². The fourth-order valence-corrected chi connectivity index (χ4v) is 2.63. The molecular weight excluding hydrogens is 263 g/mol. The van der Waals surface area contributed by atoms with E-state index in [1.54, 1.807) is 18.3 Å². The molecular formula is C14H15FN2OS. The number of benzene rings is 1. The number of carbonyl (C=O) groups is 1. The van der Waals surface area contributed by atoms with Crippen molar-refractivity contribution in [3.05, 3.63) is 46.7 Å². The highest BCUT2D eigenvalue weighted by atomic mass is 32.1. The van der Waals surface area contributed by atoms with Crippen LogP contribution in [0.5, 0.6) is 0 Å². The van der Waals surface area contributed by atoms with Crippen molar-refractivity contribution in [2.45, 2.75) is 19.9 Å². The van der Waals surface area contributed by atoms with E-state index in [0.29, 0.717) is 15.6 Å². The second-order valence-corrected chi connectivity index (χ2v) is 5.38. The number of halogens is 1. The SMILES string of the molecule is CC(=O)c1cnc(N(C)C(C)c2ccccc2F)s1. The predicted octanol–water partition coefficient (Wildman–Crippen LogP) is 3.68. The first-order valence-electron chi connectivity index (χ1n) is 5.94. The summed E-state index contributed by atoms with van der Waals surface area (Å²) in [7, 11) is 1.85. The number of anilines is 1. The Labute approximate surface area is 115 Å². The molecule has 0 fully saturated rings. The minimum Gasteiger partial charge on any atom is -0.344 e. The number of hydrogen-bond acceptors (Lipinski definition) is 4. The monoisotopic (exact) mass is 278 g/mol. The van der Waals surface area contributed by atoms with Crippen LogP contribution in [-0.2, 0) is 0 Å². The lowest BCUT2D eigenvalue weighted by atomic mass is 10.1. The number of nitrogens with zero attached hydrogens (tertiary/aromatic N) is 2. The van der Waals surface area contributed by atoms with Crippen LogP contribution in [0.4, 0.5) is 9.52 Å². The van der Waals surface area contributed by atoms with Crippen molar-refractivity contribution >= 4 is 22.3 Å². The maximum absolute atomic E-state index is 13.8. The second-order valence-electron chi connectivity index (χ2n) is 4.37. The van der Waals surface area contributed by atoms with Crippen LogP contribution in [0.15, 0.2) is 30.5 Å². The smallest absolute Gasteiger partial charge is 0.186 e. The quantitative estimate of drug-likeness (QED) is 0.800. The molecule has 2 rings (SSSR count). The van der Waals surface area contributed by atoms with Gasteiger partial charge in [0, 0.05) is 19.5 Å². The molecule has 0 radical (unpaired) electrons. The van der Waals surface area contributed by atoms with Gasteiger partial charge in [0.1, 0.15) is 5.82 Å². The molecule has 1 atom stereocenters. The summed E-state index contributed by atoms with van der Waals surface area (Å²) in [5.41, 5.74) is 0.615. The summed E-state index contributed by atoms with van der Waals surface area (Å²) in [5.74, 6) is -0.235. The molecule has 0 aliphatic carbocycles. The maximum Gasteiger partial charge on any atom is 0.186 e. The Kier molecular flexibility index (Phi) is 3.95. The Balaban J connectivity index is 2.25. The molecule has 1 unspecified atom stereocenters. The molecule has 2 aromatic rings. The van der Waals surface area contributed by atoms with Gasteiger partial charge in [-0.25, -0.2) is 9.37 Å². The van der Waals surface area contributed by atoms with Crippen molar-refractivity contribution in [3.8, 4) is 0 Å². The number of aromatic nitrogens is 1. The van der Waals surface area contributed by atoms with Gasteiger partial charge in [-0.3, -0.25) is 4.79 Å². The molecule has 100 valence electrons. The highest BCUT2D eigenvalue weighted by molar-refractivity contribution is 7.17. The Morgan fingerprint density at radius 3 is 2.68 bits per heavy atom. The van der Waals surface area contributed by atoms with Crippen molar-refractivity contribution in [1.29, 1.82) is 0 Å². The van der Waals surface area contributed by atoms with Crippen LogP contribution in [0.1, 0.15) is 35.1 Å². The molecule has 19 heavy (non-hydrogen) atoms. The van der Waals surface area contributed by atoms with Gasteiger partial charge >= 0.3 is 0 Å². The fraction of sp³-hybridized carbons (Fsp3) is 0.286. The van der Waals surface area contributed by atoms with Gasteiger partial charge in [-0.15, -0.1) is 0 Å². The summed E-state index contributed by atoms with van der Waals surface area (Å²) in [6.45, 7) is 3.42. The Hall–Kier alpha value is -1.75. The lowest BCUT2D eigenvalue weighted by molar-refractivity contribution is 0.102. The van der Waals surface area contributed by atoms with Crippen LogP contribution in [0.3, 0.4) is 0 Å². The van der Waals surface area contributed by atoms with Crippen molar-refractivity contribution in [2.24, 2.45) is 0 Å². The zero-order valence-electron chi connectivity index (χ0n) is 11.1. The third-order valence-corrected chi connectivity index (χ3v) is 4.27. The summed E-state index contributed by atoms with van der Waals surface area (Å²) in [5, 5.41) is 0.709. The molecule has 0 spiro atoms. The highest BCUT2D eigenvalue weighted by Gasteiger charge is 2.18. The lowest BCUT2D eigenvalue weighted by Gasteiger charge is -2.24. The van der Waals surface area contributed by atoms with Gasteiger partial charge in [-0.2, -0.15) is 0 Å².